The first-order valence-corrected chi connectivity index (χ1v) is 8.12. The highest BCUT2D eigenvalue weighted by Crippen LogP contribution is 2.18. The number of anilines is 1. The van der Waals surface area contributed by atoms with Crippen LogP contribution in [0.25, 0.3) is 0 Å². The zero-order valence-corrected chi connectivity index (χ0v) is 14.8. The predicted octanol–water partition coefficient (Wildman–Crippen LogP) is 1.07. The molecule has 0 radical (unpaired) electrons. The smallest absolute Gasteiger partial charge is 0.244 e. The van der Waals surface area contributed by atoms with E-state index in [-0.39, 0.29) is 48.8 Å². The molecule has 3 rings (SSSR count). The Morgan fingerprint density at radius 2 is 1.88 bits per heavy atom. The Morgan fingerprint density at radius 3 is 2.48 bits per heavy atom. The highest BCUT2D eigenvalue weighted by atomic mass is 35.5. The van der Waals surface area contributed by atoms with Gasteiger partial charge in [0.05, 0.1) is 19.3 Å². The second kappa shape index (κ2) is 8.42. The average molecular weight is 368 g/mol. The van der Waals surface area contributed by atoms with Crippen LogP contribution in [0, 0.1) is 0 Å². The van der Waals surface area contributed by atoms with Crippen LogP contribution in [0.5, 0.6) is 0 Å². The molecule has 2 atom stereocenters. The van der Waals surface area contributed by atoms with Crippen LogP contribution < -0.4 is 10.6 Å². The lowest BCUT2D eigenvalue weighted by molar-refractivity contribution is -0.139. The van der Waals surface area contributed by atoms with Crippen molar-refractivity contribution in [2.75, 3.05) is 18.5 Å². The van der Waals surface area contributed by atoms with Gasteiger partial charge in [0.25, 0.3) is 0 Å². The van der Waals surface area contributed by atoms with Crippen molar-refractivity contribution in [3.63, 3.8) is 0 Å². The second-order valence-electron chi connectivity index (χ2n) is 6.07. The molecule has 0 unspecified atom stereocenters. The molecule has 0 spiro atoms. The number of amides is 3. The van der Waals surface area contributed by atoms with E-state index < -0.39 is 0 Å². The van der Waals surface area contributed by atoms with Crippen LogP contribution in [0.4, 0.5) is 5.69 Å². The molecule has 8 heteroatoms. The third kappa shape index (κ3) is 4.56. The van der Waals surface area contributed by atoms with E-state index in [1.165, 1.54) is 4.90 Å². The van der Waals surface area contributed by atoms with Crippen LogP contribution in [0.3, 0.4) is 0 Å². The summed E-state index contributed by atoms with van der Waals surface area (Å²) >= 11 is 0. The van der Waals surface area contributed by atoms with Crippen LogP contribution in [-0.2, 0) is 25.7 Å². The van der Waals surface area contributed by atoms with Crippen molar-refractivity contribution in [2.45, 2.75) is 38.5 Å². The number of halogens is 1. The molecule has 0 saturated carbocycles. The Balaban J connectivity index is 0.00000225. The van der Waals surface area contributed by atoms with Gasteiger partial charge in [0.15, 0.2) is 0 Å². The summed E-state index contributed by atoms with van der Waals surface area (Å²) in [6.45, 7) is 3.40. The van der Waals surface area contributed by atoms with E-state index in [0.29, 0.717) is 31.7 Å². The van der Waals surface area contributed by atoms with Crippen LogP contribution >= 0.6 is 12.4 Å². The van der Waals surface area contributed by atoms with E-state index in [1.807, 2.05) is 19.1 Å². The third-order valence-electron chi connectivity index (χ3n) is 4.32. The minimum atomic E-state index is -0.377. The molecular formula is C17H22ClN3O4. The number of imide groups is 1. The number of nitrogens with one attached hydrogen (secondary N) is 2. The minimum Gasteiger partial charge on any atom is -0.375 e. The third-order valence-corrected chi connectivity index (χ3v) is 4.32. The number of likely N-dealkylation sites (tertiary alicyclic amines) is 1. The molecule has 0 bridgehead atoms. The van der Waals surface area contributed by atoms with Crippen molar-refractivity contribution in [1.29, 1.82) is 0 Å². The van der Waals surface area contributed by atoms with E-state index in [9.17, 15) is 14.4 Å². The first kappa shape index (κ1) is 19.4. The number of hydrogen-bond donors (Lipinski definition) is 2. The molecule has 2 aliphatic heterocycles. The number of hydrogen-bond acceptors (Lipinski definition) is 5. The highest BCUT2D eigenvalue weighted by molar-refractivity contribution is 6.01. The lowest BCUT2D eigenvalue weighted by Crippen LogP contribution is -2.53. The Kier molecular flexibility index (Phi) is 6.52. The first-order valence-electron chi connectivity index (χ1n) is 8.12. The summed E-state index contributed by atoms with van der Waals surface area (Å²) in [4.78, 5) is 36.8. The van der Waals surface area contributed by atoms with E-state index in [2.05, 4.69) is 10.6 Å². The van der Waals surface area contributed by atoms with Gasteiger partial charge < -0.3 is 15.4 Å². The van der Waals surface area contributed by atoms with Gasteiger partial charge in [0.1, 0.15) is 6.04 Å². The molecule has 2 aliphatic rings. The topological polar surface area (TPSA) is 87.7 Å². The van der Waals surface area contributed by atoms with Gasteiger partial charge in [0, 0.05) is 25.1 Å². The van der Waals surface area contributed by atoms with Crippen molar-refractivity contribution in [3.05, 3.63) is 29.8 Å². The normalized spacial score (nSPS) is 23.3. The SMILES string of the molecule is C[C@H]1OCCN[C@@H]1C(=O)Nc1ccc(CN2C(=O)CCC2=O)cc1.Cl. The Hall–Kier alpha value is -1.96. The Morgan fingerprint density at radius 1 is 1.24 bits per heavy atom. The number of morpholine rings is 1. The molecule has 7 nitrogen and oxygen atoms in total. The summed E-state index contributed by atoms with van der Waals surface area (Å²) in [7, 11) is 0. The van der Waals surface area contributed by atoms with Crippen molar-refractivity contribution >= 4 is 35.8 Å². The molecule has 2 N–H and O–H groups in total. The summed E-state index contributed by atoms with van der Waals surface area (Å²) in [6, 6.07) is 6.78. The molecule has 0 aromatic heterocycles. The number of carbonyl (C=O) groups excluding carboxylic acids is 3. The summed E-state index contributed by atoms with van der Waals surface area (Å²) in [5.74, 6) is -0.399. The van der Waals surface area contributed by atoms with Crippen LogP contribution in [0.15, 0.2) is 24.3 Å². The van der Waals surface area contributed by atoms with Crippen molar-refractivity contribution in [3.8, 4) is 0 Å². The maximum atomic E-state index is 12.3. The van der Waals surface area contributed by atoms with Gasteiger partial charge in [-0.25, -0.2) is 0 Å². The molecule has 2 saturated heterocycles. The summed E-state index contributed by atoms with van der Waals surface area (Å²) in [5.41, 5.74) is 1.52. The lowest BCUT2D eigenvalue weighted by Gasteiger charge is -2.29. The number of ether oxygens (including phenoxy) is 1. The van der Waals surface area contributed by atoms with Crippen LogP contribution in [0.1, 0.15) is 25.3 Å². The molecular weight excluding hydrogens is 346 g/mol. The van der Waals surface area contributed by atoms with E-state index in [0.717, 1.165) is 5.56 Å². The average Bonchev–Trinajstić information content (AvgIpc) is 2.89. The van der Waals surface area contributed by atoms with Gasteiger partial charge in [-0.1, -0.05) is 12.1 Å². The maximum Gasteiger partial charge on any atom is 0.244 e. The largest absolute Gasteiger partial charge is 0.375 e. The Labute approximate surface area is 152 Å². The maximum absolute atomic E-state index is 12.3. The first-order chi connectivity index (χ1) is 11.5. The fourth-order valence-electron chi connectivity index (χ4n) is 2.92. The summed E-state index contributed by atoms with van der Waals surface area (Å²) in [6.07, 6.45) is 0.411. The van der Waals surface area contributed by atoms with Gasteiger partial charge in [0.2, 0.25) is 17.7 Å². The van der Waals surface area contributed by atoms with E-state index >= 15 is 0 Å². The standard InChI is InChI=1S/C17H21N3O4.ClH/c1-11-16(18-8-9-24-11)17(23)19-13-4-2-12(3-5-13)10-20-14(21)6-7-15(20)22;/h2-5,11,16,18H,6-10H2,1H3,(H,19,23);1H/t11-,16+;/m1./s1. The number of rotatable bonds is 4. The van der Waals surface area contributed by atoms with Crippen LogP contribution in [0.2, 0.25) is 0 Å². The van der Waals surface area contributed by atoms with Gasteiger partial charge in [-0.3, -0.25) is 19.3 Å². The van der Waals surface area contributed by atoms with Gasteiger partial charge in [-0.2, -0.15) is 0 Å². The lowest BCUT2D eigenvalue weighted by atomic mass is 10.1. The van der Waals surface area contributed by atoms with Crippen molar-refractivity contribution in [2.24, 2.45) is 0 Å². The fraction of sp³-hybridized carbons (Fsp3) is 0.471. The number of carbonyl (C=O) groups is 3. The monoisotopic (exact) mass is 367 g/mol. The summed E-state index contributed by atoms with van der Waals surface area (Å²) in [5, 5.41) is 5.99. The molecule has 3 amide bonds. The fourth-order valence-corrected chi connectivity index (χ4v) is 2.92. The van der Waals surface area contributed by atoms with Crippen LogP contribution in [-0.4, -0.2) is 47.9 Å². The molecule has 1 aromatic carbocycles. The summed E-state index contributed by atoms with van der Waals surface area (Å²) < 4.78 is 5.47. The van der Waals surface area contributed by atoms with E-state index in [1.54, 1.807) is 12.1 Å². The second-order valence-corrected chi connectivity index (χ2v) is 6.07. The van der Waals surface area contributed by atoms with Crippen molar-refractivity contribution < 1.29 is 19.1 Å². The zero-order chi connectivity index (χ0) is 17.1. The molecule has 2 fully saturated rings. The van der Waals surface area contributed by atoms with Gasteiger partial charge >= 0.3 is 0 Å². The van der Waals surface area contributed by atoms with Gasteiger partial charge in [-0.15, -0.1) is 12.4 Å². The number of benzene rings is 1. The van der Waals surface area contributed by atoms with Gasteiger partial charge in [-0.05, 0) is 24.6 Å². The molecule has 25 heavy (non-hydrogen) atoms. The molecule has 0 aliphatic carbocycles. The van der Waals surface area contributed by atoms with E-state index in [4.69, 9.17) is 4.74 Å². The molecule has 2 heterocycles. The number of nitrogens with zero attached hydrogens (tertiary/aromatic N) is 1. The predicted molar refractivity (Wildman–Crippen MR) is 94.3 cm³/mol. The Bertz CT molecular complexity index is 634. The minimum absolute atomic E-state index is 0. The van der Waals surface area contributed by atoms with Crippen molar-refractivity contribution in [1.82, 2.24) is 10.2 Å². The zero-order valence-electron chi connectivity index (χ0n) is 14.0. The quantitative estimate of drug-likeness (QED) is 0.777. The molecule has 136 valence electrons. The molecule has 1 aromatic rings. The highest BCUT2D eigenvalue weighted by Gasteiger charge is 2.29.